The van der Waals surface area contributed by atoms with E-state index in [9.17, 15) is 0 Å². The van der Waals surface area contributed by atoms with E-state index in [0.717, 1.165) is 19.4 Å². The Hall–Kier alpha value is -0.570. The Bertz CT molecular complexity index is 140. The van der Waals surface area contributed by atoms with E-state index >= 15 is 0 Å². The van der Waals surface area contributed by atoms with Crippen LogP contribution in [0.1, 0.15) is 12.8 Å². The predicted molar refractivity (Wildman–Crippen MR) is 36.4 cm³/mol. The van der Waals surface area contributed by atoms with Gasteiger partial charge in [-0.2, -0.15) is 0 Å². The molecule has 1 aliphatic carbocycles. The summed E-state index contributed by atoms with van der Waals surface area (Å²) in [6.45, 7) is 0.872. The van der Waals surface area contributed by atoms with Gasteiger partial charge in [-0.25, -0.2) is 0 Å². The molecule has 1 fully saturated rings. The van der Waals surface area contributed by atoms with Crippen LogP contribution in [-0.2, 0) is 0 Å². The lowest BCUT2D eigenvalue weighted by Gasteiger charge is -2.16. The summed E-state index contributed by atoms with van der Waals surface area (Å²) in [6, 6.07) is 0.428. The zero-order valence-corrected chi connectivity index (χ0v) is 5.30. The minimum Gasteiger partial charge on any atom is -0.370 e. The molecule has 1 unspecified atom stereocenters. The van der Waals surface area contributed by atoms with Gasteiger partial charge >= 0.3 is 0 Å². The van der Waals surface area contributed by atoms with Crippen LogP contribution in [0.4, 0.5) is 0 Å². The van der Waals surface area contributed by atoms with E-state index in [-0.39, 0.29) is 5.54 Å². The van der Waals surface area contributed by atoms with Crippen LogP contribution >= 0.6 is 0 Å². The fourth-order valence-corrected chi connectivity index (χ4v) is 1.19. The molecule has 0 bridgehead atoms. The largest absolute Gasteiger partial charge is 0.370 e. The van der Waals surface area contributed by atoms with Gasteiger partial charge in [-0.05, 0) is 12.8 Å². The Morgan fingerprint density at radius 3 is 2.89 bits per heavy atom. The zero-order chi connectivity index (χ0) is 6.32. The molecule has 9 heavy (non-hydrogen) atoms. The molecule has 3 nitrogen and oxygen atoms in total. The second-order valence-electron chi connectivity index (χ2n) is 2.95. The van der Waals surface area contributed by atoms with Crippen molar-refractivity contribution in [2.75, 3.05) is 6.54 Å². The number of nitrogens with zero attached hydrogens (tertiary/aromatic N) is 1. The summed E-state index contributed by atoms with van der Waals surface area (Å²) in [5, 5.41) is 3.14. The predicted octanol–water partition coefficient (Wildman–Crippen LogP) is -0.522. The van der Waals surface area contributed by atoms with Crippen LogP contribution in [0.2, 0.25) is 0 Å². The van der Waals surface area contributed by atoms with Gasteiger partial charge in [0.2, 0.25) is 0 Å². The monoisotopic (exact) mass is 125 g/mol. The van der Waals surface area contributed by atoms with Gasteiger partial charge < -0.3 is 11.1 Å². The molecular formula is C6H11N3. The van der Waals surface area contributed by atoms with E-state index in [1.165, 1.54) is 0 Å². The van der Waals surface area contributed by atoms with Crippen LogP contribution < -0.4 is 11.1 Å². The number of nitrogens with two attached hydrogens (primary N) is 1. The molecule has 0 saturated heterocycles. The number of aliphatic imine (C=N–C) groups is 1. The van der Waals surface area contributed by atoms with Crippen LogP contribution in [0.5, 0.6) is 0 Å². The second-order valence-corrected chi connectivity index (χ2v) is 2.95. The van der Waals surface area contributed by atoms with Crippen molar-refractivity contribution in [1.82, 2.24) is 5.32 Å². The normalized spacial score (nSPS) is 36.3. The third-order valence-corrected chi connectivity index (χ3v) is 2.18. The maximum absolute atomic E-state index is 5.91. The van der Waals surface area contributed by atoms with Crippen molar-refractivity contribution >= 4 is 6.34 Å². The SMILES string of the molecule is NC1(C2CN=CN2)CC1. The number of hydrogen-bond donors (Lipinski definition) is 2. The van der Waals surface area contributed by atoms with Gasteiger partial charge in [0.15, 0.2) is 0 Å². The van der Waals surface area contributed by atoms with Crippen LogP contribution in [0.25, 0.3) is 0 Å². The van der Waals surface area contributed by atoms with Gasteiger partial charge in [0.1, 0.15) is 0 Å². The van der Waals surface area contributed by atoms with Crippen molar-refractivity contribution in [3.8, 4) is 0 Å². The number of hydrogen-bond acceptors (Lipinski definition) is 3. The molecule has 1 saturated carbocycles. The van der Waals surface area contributed by atoms with Crippen molar-refractivity contribution in [2.24, 2.45) is 10.7 Å². The van der Waals surface area contributed by atoms with Gasteiger partial charge in [-0.1, -0.05) is 0 Å². The summed E-state index contributed by atoms with van der Waals surface area (Å²) in [5.41, 5.74) is 6.00. The van der Waals surface area contributed by atoms with Crippen molar-refractivity contribution in [3.05, 3.63) is 0 Å². The highest BCUT2D eigenvalue weighted by Gasteiger charge is 2.46. The molecule has 1 atom stereocenters. The van der Waals surface area contributed by atoms with Crippen LogP contribution in [0.15, 0.2) is 4.99 Å². The molecule has 0 spiro atoms. The Kier molecular flexibility index (Phi) is 0.858. The van der Waals surface area contributed by atoms with Gasteiger partial charge in [-0.3, -0.25) is 4.99 Å². The first-order chi connectivity index (χ1) is 4.31. The Balaban J connectivity index is 2.00. The third-order valence-electron chi connectivity index (χ3n) is 2.18. The quantitative estimate of drug-likeness (QED) is 0.495. The van der Waals surface area contributed by atoms with Crippen LogP contribution in [0.3, 0.4) is 0 Å². The Morgan fingerprint density at radius 1 is 1.67 bits per heavy atom. The van der Waals surface area contributed by atoms with Gasteiger partial charge in [0.05, 0.1) is 18.9 Å². The maximum Gasteiger partial charge on any atom is 0.0828 e. The average molecular weight is 125 g/mol. The van der Waals surface area contributed by atoms with Crippen LogP contribution in [0, 0.1) is 0 Å². The lowest BCUT2D eigenvalue weighted by Crippen LogP contribution is -2.45. The van der Waals surface area contributed by atoms with E-state index in [1.54, 1.807) is 6.34 Å². The third kappa shape index (κ3) is 0.721. The van der Waals surface area contributed by atoms with Crippen molar-refractivity contribution in [1.29, 1.82) is 0 Å². The summed E-state index contributed by atoms with van der Waals surface area (Å²) in [7, 11) is 0. The average Bonchev–Trinajstić information content (AvgIpc) is 2.46. The minimum absolute atomic E-state index is 0.0938. The lowest BCUT2D eigenvalue weighted by atomic mass is 10.1. The van der Waals surface area contributed by atoms with Crippen molar-refractivity contribution in [3.63, 3.8) is 0 Å². The topological polar surface area (TPSA) is 50.4 Å². The molecule has 0 aromatic rings. The second kappa shape index (κ2) is 1.48. The molecule has 2 aliphatic rings. The molecule has 1 aliphatic heterocycles. The molecule has 1 heterocycles. The highest BCUT2D eigenvalue weighted by Crippen LogP contribution is 2.36. The molecule has 0 radical (unpaired) electrons. The Labute approximate surface area is 54.3 Å². The van der Waals surface area contributed by atoms with Gasteiger partial charge in [-0.15, -0.1) is 0 Å². The summed E-state index contributed by atoms with van der Waals surface area (Å²) < 4.78 is 0. The first-order valence-electron chi connectivity index (χ1n) is 3.34. The summed E-state index contributed by atoms with van der Waals surface area (Å²) in [5.74, 6) is 0. The van der Waals surface area contributed by atoms with E-state index < -0.39 is 0 Å². The Morgan fingerprint density at radius 2 is 2.44 bits per heavy atom. The van der Waals surface area contributed by atoms with Crippen LogP contribution in [-0.4, -0.2) is 24.5 Å². The summed E-state index contributed by atoms with van der Waals surface area (Å²) in [6.07, 6.45) is 4.08. The van der Waals surface area contributed by atoms with E-state index in [2.05, 4.69) is 10.3 Å². The minimum atomic E-state index is 0.0938. The highest BCUT2D eigenvalue weighted by atomic mass is 15.1. The molecular weight excluding hydrogens is 114 g/mol. The standard InChI is InChI=1S/C6H11N3/c7-6(1-2-6)5-3-8-4-9-5/h4-5H,1-3,7H2,(H,8,9). The molecule has 3 heteroatoms. The molecule has 0 aromatic carbocycles. The zero-order valence-electron chi connectivity index (χ0n) is 5.30. The molecule has 2 rings (SSSR count). The summed E-state index contributed by atoms with van der Waals surface area (Å²) in [4.78, 5) is 4.06. The van der Waals surface area contributed by atoms with E-state index in [1.807, 2.05) is 0 Å². The molecule has 0 aromatic heterocycles. The fourth-order valence-electron chi connectivity index (χ4n) is 1.19. The van der Waals surface area contributed by atoms with Gasteiger partial charge in [0.25, 0.3) is 0 Å². The molecule has 3 N–H and O–H groups in total. The van der Waals surface area contributed by atoms with E-state index in [0.29, 0.717) is 6.04 Å². The van der Waals surface area contributed by atoms with Crippen molar-refractivity contribution in [2.45, 2.75) is 24.4 Å². The maximum atomic E-state index is 5.91. The number of nitrogens with one attached hydrogen (secondary N) is 1. The number of rotatable bonds is 1. The van der Waals surface area contributed by atoms with Crippen molar-refractivity contribution < 1.29 is 0 Å². The lowest BCUT2D eigenvalue weighted by molar-refractivity contribution is 0.505. The molecule has 0 amide bonds. The smallest absolute Gasteiger partial charge is 0.0828 e. The fraction of sp³-hybridized carbons (Fsp3) is 0.833. The van der Waals surface area contributed by atoms with E-state index in [4.69, 9.17) is 5.73 Å². The first kappa shape index (κ1) is 5.23. The van der Waals surface area contributed by atoms with Gasteiger partial charge in [0, 0.05) is 5.54 Å². The summed E-state index contributed by atoms with van der Waals surface area (Å²) >= 11 is 0. The first-order valence-corrected chi connectivity index (χ1v) is 3.34. The highest BCUT2D eigenvalue weighted by molar-refractivity contribution is 5.58. The molecule has 50 valence electrons.